The fraction of sp³-hybridized carbons (Fsp3) is 0.765. The van der Waals surface area contributed by atoms with Crippen LogP contribution in [0.4, 0.5) is 0 Å². The van der Waals surface area contributed by atoms with E-state index >= 15 is 0 Å². The van der Waals surface area contributed by atoms with Crippen molar-refractivity contribution in [2.24, 2.45) is 5.41 Å². The molecule has 2 atom stereocenters. The van der Waals surface area contributed by atoms with Crippen LogP contribution in [0.3, 0.4) is 0 Å². The molecular formula is C17H33BO3Si. The van der Waals surface area contributed by atoms with Crippen LogP contribution in [-0.4, -0.2) is 32.7 Å². The molecule has 1 rings (SSSR count). The van der Waals surface area contributed by atoms with Gasteiger partial charge in [-0.25, -0.2) is 0 Å². The maximum Gasteiger partial charge on any atom is 0.483 e. The van der Waals surface area contributed by atoms with Crippen LogP contribution in [-0.2, 0) is 9.08 Å². The number of hydrogen-bond acceptors (Lipinski definition) is 3. The fourth-order valence-corrected chi connectivity index (χ4v) is 3.73. The highest BCUT2D eigenvalue weighted by atomic mass is 28.4. The van der Waals surface area contributed by atoms with E-state index in [9.17, 15) is 5.02 Å². The second-order valence-corrected chi connectivity index (χ2v) is 13.1. The Morgan fingerprint density at radius 1 is 1.32 bits per heavy atom. The van der Waals surface area contributed by atoms with Gasteiger partial charge in [-0.1, -0.05) is 58.8 Å². The summed E-state index contributed by atoms with van der Waals surface area (Å²) in [6.07, 6.45) is 6.91. The zero-order valence-electron chi connectivity index (χ0n) is 15.5. The Labute approximate surface area is 138 Å². The van der Waals surface area contributed by atoms with Crippen molar-refractivity contribution in [2.75, 3.05) is 0 Å². The average Bonchev–Trinajstić information content (AvgIpc) is 2.36. The molecule has 0 aromatic carbocycles. The molecule has 0 fully saturated rings. The molecule has 0 unspecified atom stereocenters. The molecule has 0 bridgehead atoms. The van der Waals surface area contributed by atoms with Crippen LogP contribution in [0.2, 0.25) is 18.1 Å². The molecule has 0 amide bonds. The summed E-state index contributed by atoms with van der Waals surface area (Å²) in [4.78, 5) is 0. The van der Waals surface area contributed by atoms with E-state index in [0.29, 0.717) is 0 Å². The van der Waals surface area contributed by atoms with E-state index in [0.717, 1.165) is 6.42 Å². The van der Waals surface area contributed by atoms with Crippen LogP contribution < -0.4 is 0 Å². The van der Waals surface area contributed by atoms with E-state index in [4.69, 9.17) is 9.08 Å². The van der Waals surface area contributed by atoms with E-state index in [1.165, 1.54) is 0 Å². The molecule has 1 heterocycles. The molecule has 3 nitrogen and oxygen atoms in total. The maximum absolute atomic E-state index is 9.76. The third-order valence-electron chi connectivity index (χ3n) is 5.11. The predicted molar refractivity (Wildman–Crippen MR) is 97.3 cm³/mol. The maximum atomic E-state index is 9.76. The Morgan fingerprint density at radius 2 is 1.91 bits per heavy atom. The SMILES string of the molecule is C/C=C/[C@H](O[Si](C)(C)C(C)(C)C)C(C)(C)[C@@H]1CC=CB(O)O1. The average molecular weight is 324 g/mol. The van der Waals surface area contributed by atoms with Crippen molar-refractivity contribution < 1.29 is 14.1 Å². The van der Waals surface area contributed by atoms with Gasteiger partial charge in [-0.3, -0.25) is 0 Å². The first-order chi connectivity index (χ1) is 9.91. The molecule has 0 radical (unpaired) electrons. The van der Waals surface area contributed by atoms with Crippen LogP contribution in [0.5, 0.6) is 0 Å². The van der Waals surface area contributed by atoms with E-state index in [-0.39, 0.29) is 22.7 Å². The monoisotopic (exact) mass is 324 g/mol. The topological polar surface area (TPSA) is 38.7 Å². The van der Waals surface area contributed by atoms with Gasteiger partial charge in [-0.15, -0.1) is 0 Å². The molecule has 0 spiro atoms. The molecule has 0 saturated heterocycles. The number of hydrogen-bond donors (Lipinski definition) is 1. The highest BCUT2D eigenvalue weighted by molar-refractivity contribution is 6.74. The Hall–Kier alpha value is -0.358. The highest BCUT2D eigenvalue weighted by Crippen LogP contribution is 2.42. The number of rotatable bonds is 5. The summed E-state index contributed by atoms with van der Waals surface area (Å²) in [5.41, 5.74) is -0.215. The van der Waals surface area contributed by atoms with Gasteiger partial charge in [0.05, 0.1) is 12.2 Å². The lowest BCUT2D eigenvalue weighted by Crippen LogP contribution is -2.52. The molecule has 1 aliphatic rings. The molecule has 0 aliphatic carbocycles. The summed E-state index contributed by atoms with van der Waals surface area (Å²) < 4.78 is 12.4. The molecule has 0 aromatic rings. The Bertz CT molecular complexity index is 424. The first-order valence-electron chi connectivity index (χ1n) is 8.22. The van der Waals surface area contributed by atoms with Gasteiger partial charge in [0.1, 0.15) is 0 Å². The van der Waals surface area contributed by atoms with Crippen molar-refractivity contribution in [1.29, 1.82) is 0 Å². The molecule has 5 heteroatoms. The first-order valence-corrected chi connectivity index (χ1v) is 11.1. The lowest BCUT2D eigenvalue weighted by molar-refractivity contribution is -0.0141. The molecule has 1 aliphatic heterocycles. The van der Waals surface area contributed by atoms with E-state index in [1.807, 2.05) is 13.0 Å². The molecular weight excluding hydrogens is 291 g/mol. The summed E-state index contributed by atoms with van der Waals surface area (Å²) in [7, 11) is -2.69. The molecule has 0 saturated carbocycles. The fourth-order valence-electron chi connectivity index (χ4n) is 2.36. The smallest absolute Gasteiger partial charge is 0.423 e. The summed E-state index contributed by atoms with van der Waals surface area (Å²) in [6, 6.07) is 0. The van der Waals surface area contributed by atoms with Crippen LogP contribution in [0.25, 0.3) is 0 Å². The van der Waals surface area contributed by atoms with Gasteiger partial charge in [0.2, 0.25) is 0 Å². The van der Waals surface area contributed by atoms with Crippen molar-refractivity contribution in [1.82, 2.24) is 0 Å². The minimum atomic E-state index is -1.88. The van der Waals surface area contributed by atoms with E-state index < -0.39 is 15.4 Å². The summed E-state index contributed by atoms with van der Waals surface area (Å²) in [6.45, 7) is 17.7. The van der Waals surface area contributed by atoms with Gasteiger partial charge in [0.25, 0.3) is 0 Å². The highest BCUT2D eigenvalue weighted by Gasteiger charge is 2.45. The zero-order valence-corrected chi connectivity index (χ0v) is 16.5. The summed E-state index contributed by atoms with van der Waals surface area (Å²) >= 11 is 0. The molecule has 22 heavy (non-hydrogen) atoms. The minimum Gasteiger partial charge on any atom is -0.423 e. The predicted octanol–water partition coefficient (Wildman–Crippen LogP) is 4.34. The van der Waals surface area contributed by atoms with Gasteiger partial charge in [-0.05, 0) is 31.5 Å². The Morgan fingerprint density at radius 3 is 2.36 bits per heavy atom. The van der Waals surface area contributed by atoms with Gasteiger partial charge < -0.3 is 14.1 Å². The normalized spacial score (nSPS) is 22.4. The number of allylic oxidation sites excluding steroid dienone is 1. The van der Waals surface area contributed by atoms with Crippen LogP contribution >= 0.6 is 0 Å². The molecule has 0 aromatic heterocycles. The van der Waals surface area contributed by atoms with Crippen molar-refractivity contribution in [3.05, 3.63) is 24.2 Å². The van der Waals surface area contributed by atoms with Crippen molar-refractivity contribution in [3.8, 4) is 0 Å². The first kappa shape index (κ1) is 19.7. The van der Waals surface area contributed by atoms with Gasteiger partial charge in [0.15, 0.2) is 8.32 Å². The quantitative estimate of drug-likeness (QED) is 0.604. The van der Waals surface area contributed by atoms with Gasteiger partial charge >= 0.3 is 7.12 Å². The third kappa shape index (κ3) is 4.57. The largest absolute Gasteiger partial charge is 0.483 e. The minimum absolute atomic E-state index is 0.0258. The van der Waals surface area contributed by atoms with Crippen LogP contribution in [0.1, 0.15) is 48.0 Å². The van der Waals surface area contributed by atoms with Crippen molar-refractivity contribution >= 4 is 15.4 Å². The third-order valence-corrected chi connectivity index (χ3v) is 9.57. The summed E-state index contributed by atoms with van der Waals surface area (Å²) in [5, 5.41) is 9.92. The van der Waals surface area contributed by atoms with E-state index in [1.54, 1.807) is 5.98 Å². The second-order valence-electron chi connectivity index (χ2n) is 8.33. The Kier molecular flexibility index (Phi) is 6.30. The second kappa shape index (κ2) is 7.04. The van der Waals surface area contributed by atoms with Gasteiger partial charge in [0, 0.05) is 5.41 Å². The van der Waals surface area contributed by atoms with Crippen LogP contribution in [0.15, 0.2) is 24.2 Å². The zero-order chi connectivity index (χ0) is 17.2. The van der Waals surface area contributed by atoms with Crippen LogP contribution in [0, 0.1) is 5.41 Å². The van der Waals surface area contributed by atoms with Crippen molar-refractivity contribution in [2.45, 2.75) is 78.3 Å². The van der Waals surface area contributed by atoms with Crippen molar-refractivity contribution in [3.63, 3.8) is 0 Å². The lowest BCUT2D eigenvalue weighted by atomic mass is 9.74. The molecule has 126 valence electrons. The Balaban J connectivity index is 3.01. The molecule has 1 N–H and O–H groups in total. The lowest BCUT2D eigenvalue weighted by Gasteiger charge is -2.46. The standard InChI is InChI=1S/C17H33BO3Si/c1-9-11-15(21-22(7,8)16(2,3)4)17(5,6)14-12-10-13-18(19)20-14/h9-11,13-15,19H,12H2,1-8H3/b11-9+/t14-,15-/m0/s1. The summed E-state index contributed by atoms with van der Waals surface area (Å²) in [5.74, 6) is 1.70. The van der Waals surface area contributed by atoms with E-state index in [2.05, 4.69) is 59.9 Å². The van der Waals surface area contributed by atoms with Gasteiger partial charge in [-0.2, -0.15) is 0 Å².